The molecular formula is C27H31N3O2. The molecule has 0 aromatic heterocycles. The number of urea groups is 1. The van der Waals surface area contributed by atoms with Crippen molar-refractivity contribution in [1.29, 1.82) is 0 Å². The number of fused-ring (bicyclic) bond motifs is 1. The molecule has 5 rings (SSSR count). The molecule has 32 heavy (non-hydrogen) atoms. The largest absolute Gasteiger partial charge is 0.357 e. The summed E-state index contributed by atoms with van der Waals surface area (Å²) in [6.07, 6.45) is 5.56. The van der Waals surface area contributed by atoms with Gasteiger partial charge in [-0.25, -0.2) is 4.79 Å². The summed E-state index contributed by atoms with van der Waals surface area (Å²) in [5.41, 5.74) is 4.15. The van der Waals surface area contributed by atoms with E-state index in [9.17, 15) is 9.59 Å². The lowest BCUT2D eigenvalue weighted by molar-refractivity contribution is -0.118. The molecule has 0 spiro atoms. The summed E-state index contributed by atoms with van der Waals surface area (Å²) < 4.78 is 0. The number of rotatable bonds is 2. The average Bonchev–Trinajstić information content (AvgIpc) is 3.21. The summed E-state index contributed by atoms with van der Waals surface area (Å²) in [7, 11) is 0. The molecule has 3 aliphatic rings. The Kier molecular flexibility index (Phi) is 5.28. The molecular weight excluding hydrogens is 398 g/mol. The summed E-state index contributed by atoms with van der Waals surface area (Å²) in [4.78, 5) is 29.2. The minimum absolute atomic E-state index is 0.115. The second-order valence-electron chi connectivity index (χ2n) is 10.1. The summed E-state index contributed by atoms with van der Waals surface area (Å²) in [5.74, 6) is 0.115. The van der Waals surface area contributed by atoms with Crippen molar-refractivity contribution >= 4 is 23.2 Å². The van der Waals surface area contributed by atoms with Crippen LogP contribution in [0.3, 0.4) is 0 Å². The Bertz CT molecular complexity index is 1070. The average molecular weight is 430 g/mol. The van der Waals surface area contributed by atoms with E-state index in [1.807, 2.05) is 59.5 Å². The summed E-state index contributed by atoms with van der Waals surface area (Å²) in [6, 6.07) is 17.4. The van der Waals surface area contributed by atoms with Crippen LogP contribution in [0.15, 0.2) is 65.9 Å². The van der Waals surface area contributed by atoms with Crippen LogP contribution in [0.1, 0.15) is 64.0 Å². The van der Waals surface area contributed by atoms with Crippen molar-refractivity contribution in [2.75, 3.05) is 10.2 Å². The first-order chi connectivity index (χ1) is 15.4. The lowest BCUT2D eigenvalue weighted by Crippen LogP contribution is -2.47. The van der Waals surface area contributed by atoms with Gasteiger partial charge < -0.3 is 10.6 Å². The van der Waals surface area contributed by atoms with E-state index in [0.717, 1.165) is 54.7 Å². The normalized spacial score (nSPS) is 22.6. The number of anilines is 2. The van der Waals surface area contributed by atoms with Gasteiger partial charge >= 0.3 is 6.03 Å². The van der Waals surface area contributed by atoms with E-state index in [-0.39, 0.29) is 23.3 Å². The fourth-order valence-electron chi connectivity index (χ4n) is 5.48. The number of ketones is 1. The molecule has 1 saturated carbocycles. The number of para-hydroxylation sites is 2. The van der Waals surface area contributed by atoms with Crippen molar-refractivity contribution in [3.63, 3.8) is 0 Å². The van der Waals surface area contributed by atoms with Gasteiger partial charge in [-0.15, -0.1) is 0 Å². The zero-order chi connectivity index (χ0) is 22.3. The van der Waals surface area contributed by atoms with Gasteiger partial charge in [-0.1, -0.05) is 69.2 Å². The molecule has 0 bridgehead atoms. The molecule has 1 fully saturated rings. The second kappa shape index (κ2) is 8.12. The van der Waals surface area contributed by atoms with E-state index < -0.39 is 6.04 Å². The first-order valence-corrected chi connectivity index (χ1v) is 11.7. The Morgan fingerprint density at radius 1 is 1.00 bits per heavy atom. The van der Waals surface area contributed by atoms with Gasteiger partial charge in [0.15, 0.2) is 5.78 Å². The van der Waals surface area contributed by atoms with E-state index >= 15 is 0 Å². The maximum atomic E-state index is 13.8. The Hall–Kier alpha value is -3.08. The number of amides is 2. The van der Waals surface area contributed by atoms with Crippen LogP contribution in [0, 0.1) is 5.41 Å². The molecule has 2 N–H and O–H groups in total. The van der Waals surface area contributed by atoms with E-state index in [1.165, 1.54) is 0 Å². The minimum atomic E-state index is -0.465. The smallest absolute Gasteiger partial charge is 0.323 e. The topological polar surface area (TPSA) is 61.4 Å². The first kappa shape index (κ1) is 20.8. The Labute approximate surface area is 189 Å². The minimum Gasteiger partial charge on any atom is -0.357 e. The predicted molar refractivity (Wildman–Crippen MR) is 128 cm³/mol. The number of hydrogen-bond donors (Lipinski definition) is 2. The van der Waals surface area contributed by atoms with Crippen molar-refractivity contribution in [3.8, 4) is 0 Å². The number of allylic oxidation sites excluding steroid dienone is 1. The molecule has 2 aromatic carbocycles. The summed E-state index contributed by atoms with van der Waals surface area (Å²) >= 11 is 0. The molecule has 0 saturated heterocycles. The zero-order valence-electron chi connectivity index (χ0n) is 18.9. The van der Waals surface area contributed by atoms with Gasteiger partial charge in [-0.05, 0) is 42.4 Å². The van der Waals surface area contributed by atoms with Crippen LogP contribution in [0.5, 0.6) is 0 Å². The number of benzene rings is 2. The fraction of sp³-hybridized carbons (Fsp3) is 0.407. The number of nitrogens with one attached hydrogen (secondary N) is 2. The number of nitrogens with zero attached hydrogens (tertiary/aromatic N) is 1. The van der Waals surface area contributed by atoms with Gasteiger partial charge in [0.1, 0.15) is 0 Å². The van der Waals surface area contributed by atoms with Crippen LogP contribution in [-0.2, 0) is 4.79 Å². The zero-order valence-corrected chi connectivity index (χ0v) is 18.9. The van der Waals surface area contributed by atoms with Gasteiger partial charge in [0, 0.05) is 23.7 Å². The van der Waals surface area contributed by atoms with E-state index in [1.54, 1.807) is 0 Å². The molecule has 166 valence electrons. The molecule has 2 amide bonds. The molecule has 2 aromatic rings. The molecule has 0 radical (unpaired) electrons. The van der Waals surface area contributed by atoms with E-state index in [0.29, 0.717) is 12.0 Å². The maximum Gasteiger partial charge on any atom is 0.323 e. The molecule has 5 heteroatoms. The summed E-state index contributed by atoms with van der Waals surface area (Å²) in [6.45, 7) is 4.27. The first-order valence-electron chi connectivity index (χ1n) is 11.7. The van der Waals surface area contributed by atoms with Crippen molar-refractivity contribution in [2.45, 2.75) is 64.5 Å². The van der Waals surface area contributed by atoms with Gasteiger partial charge in [0.25, 0.3) is 0 Å². The molecule has 5 nitrogen and oxygen atoms in total. The fourth-order valence-corrected chi connectivity index (χ4v) is 5.48. The molecule has 2 aliphatic carbocycles. The van der Waals surface area contributed by atoms with Crippen LogP contribution < -0.4 is 15.5 Å². The SMILES string of the molecule is CC1(C)CC(=O)C2=C(C1)Nc1ccccc1N(C(=O)NC1CCCC1)C2c1ccccc1. The Morgan fingerprint density at radius 3 is 2.44 bits per heavy atom. The van der Waals surface area contributed by atoms with Gasteiger partial charge in [0.05, 0.1) is 17.4 Å². The second-order valence-corrected chi connectivity index (χ2v) is 10.1. The molecule has 1 unspecified atom stereocenters. The summed E-state index contributed by atoms with van der Waals surface area (Å²) in [5, 5.41) is 6.83. The van der Waals surface area contributed by atoms with Gasteiger partial charge in [-0.2, -0.15) is 0 Å². The standard InChI is InChI=1S/C27H31N3O2/c1-27(2)16-21-24(23(31)17-27)25(18-10-4-3-5-11-18)30(22-15-9-8-14-20(22)29-21)26(32)28-19-12-6-7-13-19/h3-5,8-11,14-15,19,25,29H,6-7,12-13,16-17H2,1-2H3,(H,28,32). The van der Waals surface area contributed by atoms with Crippen LogP contribution in [0.2, 0.25) is 0 Å². The molecule has 1 aliphatic heterocycles. The van der Waals surface area contributed by atoms with Crippen LogP contribution in [0.4, 0.5) is 16.2 Å². The maximum absolute atomic E-state index is 13.8. The monoisotopic (exact) mass is 429 g/mol. The lowest BCUT2D eigenvalue weighted by Gasteiger charge is -2.37. The molecule has 1 atom stereocenters. The van der Waals surface area contributed by atoms with Crippen molar-refractivity contribution in [2.24, 2.45) is 5.41 Å². The van der Waals surface area contributed by atoms with E-state index in [4.69, 9.17) is 0 Å². The van der Waals surface area contributed by atoms with Crippen molar-refractivity contribution < 1.29 is 9.59 Å². The number of carbonyl (C=O) groups is 2. The van der Waals surface area contributed by atoms with Crippen molar-refractivity contribution in [3.05, 3.63) is 71.4 Å². The highest BCUT2D eigenvalue weighted by Crippen LogP contribution is 2.48. The highest BCUT2D eigenvalue weighted by Gasteiger charge is 2.43. The third kappa shape index (κ3) is 3.81. The number of Topliss-reactive ketones (excluding diaryl/α,β-unsaturated/α-hetero) is 1. The lowest BCUT2D eigenvalue weighted by atomic mass is 9.73. The van der Waals surface area contributed by atoms with Crippen LogP contribution in [0.25, 0.3) is 0 Å². The number of hydrogen-bond acceptors (Lipinski definition) is 3. The van der Waals surface area contributed by atoms with Crippen LogP contribution in [-0.4, -0.2) is 17.9 Å². The highest BCUT2D eigenvalue weighted by molar-refractivity contribution is 6.06. The highest BCUT2D eigenvalue weighted by atomic mass is 16.2. The third-order valence-electron chi connectivity index (χ3n) is 6.92. The van der Waals surface area contributed by atoms with Gasteiger partial charge in [-0.3, -0.25) is 9.69 Å². The van der Waals surface area contributed by atoms with Crippen molar-refractivity contribution in [1.82, 2.24) is 5.32 Å². The molecule has 1 heterocycles. The predicted octanol–water partition coefficient (Wildman–Crippen LogP) is 5.96. The quantitative estimate of drug-likeness (QED) is 0.620. The van der Waals surface area contributed by atoms with Crippen LogP contribution >= 0.6 is 0 Å². The van der Waals surface area contributed by atoms with Gasteiger partial charge in [0.2, 0.25) is 0 Å². The third-order valence-corrected chi connectivity index (χ3v) is 6.92. The number of carbonyl (C=O) groups excluding carboxylic acids is 2. The van der Waals surface area contributed by atoms with E-state index in [2.05, 4.69) is 24.5 Å². The Balaban J connectivity index is 1.69. The Morgan fingerprint density at radius 2 is 1.69 bits per heavy atom.